The topological polar surface area (TPSA) is 75.8 Å². The van der Waals surface area contributed by atoms with Crippen LogP contribution in [0.4, 0.5) is 0 Å². The molecule has 1 aromatic carbocycles. The Morgan fingerprint density at radius 3 is 2.74 bits per heavy atom. The minimum Gasteiger partial charge on any atom is -0.478 e. The second kappa shape index (κ2) is 6.98. The van der Waals surface area contributed by atoms with Gasteiger partial charge in [0.15, 0.2) is 0 Å². The van der Waals surface area contributed by atoms with Gasteiger partial charge in [0, 0.05) is 47.2 Å². The normalized spacial score (nSPS) is 12.2. The van der Waals surface area contributed by atoms with Gasteiger partial charge in [-0.1, -0.05) is 29.3 Å². The predicted molar refractivity (Wildman–Crippen MR) is 103 cm³/mol. The van der Waals surface area contributed by atoms with Crippen molar-refractivity contribution in [3.63, 3.8) is 0 Å². The summed E-state index contributed by atoms with van der Waals surface area (Å²) >= 11 is 12.5. The van der Waals surface area contributed by atoms with Crippen LogP contribution in [0.3, 0.4) is 0 Å². The Labute approximate surface area is 164 Å². The molecule has 0 aliphatic rings. The summed E-state index contributed by atoms with van der Waals surface area (Å²) < 4.78 is 3.70. The fraction of sp³-hybridized carbons (Fsp3) is 0.0526. The highest BCUT2D eigenvalue weighted by molar-refractivity contribution is 6.35. The molecule has 4 rings (SSSR count). The summed E-state index contributed by atoms with van der Waals surface area (Å²) in [6.07, 6.45) is 12.1. The quantitative estimate of drug-likeness (QED) is 0.511. The summed E-state index contributed by atoms with van der Waals surface area (Å²) in [6.45, 7) is 0. The van der Waals surface area contributed by atoms with Crippen LogP contribution in [-0.2, 0) is 0 Å². The standard InChI is InChI=1S/C19H14Cl2N4O2/c20-13-1-2-14(16(21)7-13)18(25-6-4-22-11-25)12-3-5-24(10-12)17-9-23-8-15(17)19(26)27/h1-11,18,23H,(H,26,27). The number of aromatic amines is 1. The predicted octanol–water partition coefficient (Wildman–Crippen LogP) is 4.64. The second-order valence-corrected chi connectivity index (χ2v) is 6.83. The summed E-state index contributed by atoms with van der Waals surface area (Å²) in [5.41, 5.74) is 2.54. The minimum absolute atomic E-state index is 0.195. The molecule has 2 N–H and O–H groups in total. The number of carboxylic acid groups (broad SMARTS) is 1. The number of hydrogen-bond acceptors (Lipinski definition) is 2. The highest BCUT2D eigenvalue weighted by Crippen LogP contribution is 2.34. The summed E-state index contributed by atoms with van der Waals surface area (Å²) in [5.74, 6) is -0.992. The molecule has 8 heteroatoms. The number of hydrogen-bond donors (Lipinski definition) is 2. The third kappa shape index (κ3) is 3.25. The largest absolute Gasteiger partial charge is 0.478 e. The van der Waals surface area contributed by atoms with Gasteiger partial charge in [0.2, 0.25) is 0 Å². The lowest BCUT2D eigenvalue weighted by atomic mass is 10.0. The van der Waals surface area contributed by atoms with Crippen LogP contribution in [0.25, 0.3) is 5.69 Å². The number of aromatic carboxylic acids is 1. The molecule has 27 heavy (non-hydrogen) atoms. The van der Waals surface area contributed by atoms with E-state index in [4.69, 9.17) is 23.2 Å². The fourth-order valence-corrected chi connectivity index (χ4v) is 3.63. The molecule has 0 saturated carbocycles. The highest BCUT2D eigenvalue weighted by Gasteiger charge is 2.21. The Hall–Kier alpha value is -2.96. The molecular formula is C19H14Cl2N4O2. The molecular weight excluding hydrogens is 387 g/mol. The SMILES string of the molecule is O=C(O)c1c[nH]cc1-n1ccc(C(c2ccc(Cl)cc2Cl)n2ccnc2)c1. The van der Waals surface area contributed by atoms with Crippen LogP contribution < -0.4 is 0 Å². The molecule has 3 heterocycles. The molecule has 0 radical (unpaired) electrons. The Kier molecular flexibility index (Phi) is 4.51. The number of nitrogens with one attached hydrogen (secondary N) is 1. The van der Waals surface area contributed by atoms with Gasteiger partial charge < -0.3 is 19.2 Å². The van der Waals surface area contributed by atoms with Gasteiger partial charge >= 0.3 is 5.97 Å². The lowest BCUT2D eigenvalue weighted by Gasteiger charge is -2.19. The molecule has 0 fully saturated rings. The van der Waals surface area contributed by atoms with Gasteiger partial charge in [-0.15, -0.1) is 0 Å². The number of nitrogens with zero attached hydrogens (tertiary/aromatic N) is 3. The van der Waals surface area contributed by atoms with Gasteiger partial charge in [0.1, 0.15) is 5.56 Å². The van der Waals surface area contributed by atoms with Gasteiger partial charge in [-0.3, -0.25) is 0 Å². The van der Waals surface area contributed by atoms with Crippen LogP contribution in [0.2, 0.25) is 10.0 Å². The molecule has 4 aromatic rings. The first-order valence-corrected chi connectivity index (χ1v) is 8.81. The lowest BCUT2D eigenvalue weighted by molar-refractivity contribution is 0.0697. The van der Waals surface area contributed by atoms with Crippen molar-refractivity contribution >= 4 is 29.2 Å². The summed E-state index contributed by atoms with van der Waals surface area (Å²) in [4.78, 5) is 18.4. The Balaban J connectivity index is 1.82. The molecule has 1 atom stereocenters. The monoisotopic (exact) mass is 400 g/mol. The van der Waals surface area contributed by atoms with Crippen LogP contribution in [0.1, 0.15) is 27.5 Å². The molecule has 3 aromatic heterocycles. The van der Waals surface area contributed by atoms with Gasteiger partial charge in [0.25, 0.3) is 0 Å². The molecule has 0 aliphatic heterocycles. The van der Waals surface area contributed by atoms with E-state index in [2.05, 4.69) is 9.97 Å². The summed E-state index contributed by atoms with van der Waals surface area (Å²) in [5, 5.41) is 10.4. The number of carboxylic acids is 1. The third-order valence-corrected chi connectivity index (χ3v) is 4.91. The van der Waals surface area contributed by atoms with Crippen molar-refractivity contribution in [2.24, 2.45) is 0 Å². The van der Waals surface area contributed by atoms with E-state index in [0.29, 0.717) is 15.7 Å². The zero-order valence-corrected chi connectivity index (χ0v) is 15.4. The van der Waals surface area contributed by atoms with Crippen LogP contribution in [0, 0.1) is 0 Å². The molecule has 0 amide bonds. The number of rotatable bonds is 5. The number of halogens is 2. The first-order valence-electron chi connectivity index (χ1n) is 8.05. The molecule has 0 spiro atoms. The highest BCUT2D eigenvalue weighted by atomic mass is 35.5. The zero-order chi connectivity index (χ0) is 19.0. The van der Waals surface area contributed by atoms with Gasteiger partial charge in [0.05, 0.1) is 18.1 Å². The van der Waals surface area contributed by atoms with Gasteiger partial charge in [-0.2, -0.15) is 0 Å². The Morgan fingerprint density at radius 1 is 1.19 bits per heavy atom. The van der Waals surface area contributed by atoms with E-state index < -0.39 is 5.97 Å². The first-order chi connectivity index (χ1) is 13.0. The number of benzene rings is 1. The zero-order valence-electron chi connectivity index (χ0n) is 13.9. The van der Waals surface area contributed by atoms with E-state index in [-0.39, 0.29) is 11.6 Å². The smallest absolute Gasteiger partial charge is 0.339 e. The molecule has 1 unspecified atom stereocenters. The summed E-state index contributed by atoms with van der Waals surface area (Å²) in [6, 6.07) is 7.07. The van der Waals surface area contributed by atoms with Crippen LogP contribution >= 0.6 is 23.2 Å². The van der Waals surface area contributed by atoms with Crippen molar-refractivity contribution in [3.8, 4) is 5.69 Å². The maximum Gasteiger partial charge on any atom is 0.339 e. The number of imidazole rings is 1. The van der Waals surface area contributed by atoms with Crippen molar-refractivity contribution in [2.45, 2.75) is 6.04 Å². The first kappa shape index (κ1) is 17.5. The van der Waals surface area contributed by atoms with Crippen molar-refractivity contribution in [2.75, 3.05) is 0 Å². The minimum atomic E-state index is -0.992. The molecule has 6 nitrogen and oxygen atoms in total. The molecule has 136 valence electrons. The van der Waals surface area contributed by atoms with E-state index in [9.17, 15) is 9.90 Å². The van der Waals surface area contributed by atoms with E-state index in [1.54, 1.807) is 35.4 Å². The summed E-state index contributed by atoms with van der Waals surface area (Å²) in [7, 11) is 0. The second-order valence-electron chi connectivity index (χ2n) is 5.99. The number of carbonyl (C=O) groups is 1. The van der Waals surface area contributed by atoms with Crippen molar-refractivity contribution < 1.29 is 9.90 Å². The fourth-order valence-electron chi connectivity index (χ4n) is 3.12. The maximum absolute atomic E-state index is 11.4. The van der Waals surface area contributed by atoms with E-state index in [1.165, 1.54) is 6.20 Å². The molecule has 0 aliphatic carbocycles. The van der Waals surface area contributed by atoms with Crippen LogP contribution in [0.15, 0.2) is 67.8 Å². The Morgan fingerprint density at radius 2 is 2.04 bits per heavy atom. The van der Waals surface area contributed by atoms with Gasteiger partial charge in [-0.25, -0.2) is 9.78 Å². The number of H-pyrrole nitrogens is 1. The van der Waals surface area contributed by atoms with E-state index in [0.717, 1.165) is 11.1 Å². The Bertz CT molecular complexity index is 1100. The maximum atomic E-state index is 11.4. The van der Waals surface area contributed by atoms with Crippen LogP contribution in [0.5, 0.6) is 0 Å². The van der Waals surface area contributed by atoms with E-state index in [1.807, 2.05) is 35.3 Å². The van der Waals surface area contributed by atoms with Crippen LogP contribution in [-0.4, -0.2) is 30.2 Å². The van der Waals surface area contributed by atoms with Crippen molar-refractivity contribution in [1.29, 1.82) is 0 Å². The van der Waals surface area contributed by atoms with Crippen molar-refractivity contribution in [3.05, 3.63) is 94.5 Å². The van der Waals surface area contributed by atoms with Crippen molar-refractivity contribution in [1.82, 2.24) is 19.1 Å². The average Bonchev–Trinajstić information content (AvgIpc) is 3.38. The third-order valence-electron chi connectivity index (χ3n) is 4.34. The molecule has 0 saturated heterocycles. The lowest BCUT2D eigenvalue weighted by Crippen LogP contribution is -2.10. The van der Waals surface area contributed by atoms with Gasteiger partial charge in [-0.05, 0) is 29.3 Å². The number of aromatic nitrogens is 4. The van der Waals surface area contributed by atoms with E-state index >= 15 is 0 Å². The molecule has 0 bridgehead atoms. The average molecular weight is 401 g/mol.